The van der Waals surface area contributed by atoms with Gasteiger partial charge in [-0.15, -0.1) is 0 Å². The third-order valence-electron chi connectivity index (χ3n) is 10.5. The van der Waals surface area contributed by atoms with Crippen LogP contribution in [0, 0.1) is 6.92 Å². The topological polar surface area (TPSA) is 128 Å². The van der Waals surface area contributed by atoms with Crippen molar-refractivity contribution in [3.05, 3.63) is 6.92 Å². The van der Waals surface area contributed by atoms with Crippen LogP contribution in [-0.2, 0) is 28.6 Å². The zero-order valence-corrected chi connectivity index (χ0v) is 36.3. The molecule has 55 heavy (non-hydrogen) atoms. The van der Waals surface area contributed by atoms with E-state index in [-0.39, 0.29) is 25.1 Å². The monoisotopic (exact) mass is 782 g/mol. The van der Waals surface area contributed by atoms with Crippen LogP contribution in [-0.4, -0.2) is 79.0 Å². The minimum absolute atomic E-state index is 0.0148. The molecule has 325 valence electrons. The lowest BCUT2D eigenvalue weighted by molar-refractivity contribution is -0.160. The number of carbonyl (C=O) groups is 3. The highest BCUT2D eigenvalue weighted by molar-refractivity contribution is 5.75. The average molecular weight is 782 g/mol. The Kier molecular flexibility index (Phi) is 39.2. The lowest BCUT2D eigenvalue weighted by Gasteiger charge is -2.28. The second-order valence-corrected chi connectivity index (χ2v) is 16.0. The first-order valence-corrected chi connectivity index (χ1v) is 23.2. The molecule has 0 saturated carbocycles. The lowest BCUT2D eigenvalue weighted by atomic mass is 10.0. The van der Waals surface area contributed by atoms with Gasteiger partial charge in [-0.05, 0) is 46.1 Å². The van der Waals surface area contributed by atoms with Crippen LogP contribution < -0.4 is 5.73 Å². The van der Waals surface area contributed by atoms with Crippen LogP contribution in [0.25, 0.3) is 0 Å². The molecular formula is C46H89N2O7. The van der Waals surface area contributed by atoms with Gasteiger partial charge in [-0.1, -0.05) is 174 Å². The highest BCUT2D eigenvalue weighted by atomic mass is 16.6. The maximum atomic E-state index is 13.0. The molecule has 0 aromatic heterocycles. The molecule has 1 radical (unpaired) electrons. The van der Waals surface area contributed by atoms with Gasteiger partial charge in [0.2, 0.25) is 0 Å². The molecule has 3 atom stereocenters. The molecular weight excluding hydrogens is 693 g/mol. The minimum atomic E-state index is -0.831. The molecule has 0 rings (SSSR count). The van der Waals surface area contributed by atoms with Crippen molar-refractivity contribution in [1.82, 2.24) is 4.90 Å². The van der Waals surface area contributed by atoms with Gasteiger partial charge in [0.1, 0.15) is 18.8 Å². The molecule has 0 aromatic rings. The SMILES string of the molecule is [CH2]C(O)CN(CCCCC(N)C(=O)OCC)CC(COC(=O)CCCCCCCCCCCCCCC)OC(=O)CCCCCCCCCCCCCCC. The van der Waals surface area contributed by atoms with Crippen molar-refractivity contribution >= 4 is 17.9 Å². The van der Waals surface area contributed by atoms with Crippen molar-refractivity contribution in [2.75, 3.05) is 32.8 Å². The quantitative estimate of drug-likeness (QED) is 0.0353. The minimum Gasteiger partial charge on any atom is -0.465 e. The van der Waals surface area contributed by atoms with E-state index < -0.39 is 24.2 Å². The summed E-state index contributed by atoms with van der Waals surface area (Å²) in [6.07, 6.45) is 33.4. The fraction of sp³-hybridized carbons (Fsp3) is 0.913. The molecule has 0 spiro atoms. The Morgan fingerprint density at radius 3 is 1.40 bits per heavy atom. The summed E-state index contributed by atoms with van der Waals surface area (Å²) in [6, 6.07) is -0.667. The number of aliphatic hydroxyl groups excluding tert-OH is 1. The predicted octanol–water partition coefficient (Wildman–Crippen LogP) is 11.0. The summed E-state index contributed by atoms with van der Waals surface area (Å²) >= 11 is 0. The number of hydrogen-bond donors (Lipinski definition) is 2. The normalized spacial score (nSPS) is 13.1. The van der Waals surface area contributed by atoms with E-state index in [0.717, 1.165) is 44.9 Å². The van der Waals surface area contributed by atoms with Gasteiger partial charge in [0.15, 0.2) is 0 Å². The maximum Gasteiger partial charge on any atom is 0.322 e. The van der Waals surface area contributed by atoms with Crippen molar-refractivity contribution in [1.29, 1.82) is 0 Å². The lowest BCUT2D eigenvalue weighted by Crippen LogP contribution is -2.42. The molecule has 9 nitrogen and oxygen atoms in total. The molecule has 0 aliphatic rings. The summed E-state index contributed by atoms with van der Waals surface area (Å²) < 4.78 is 16.6. The van der Waals surface area contributed by atoms with Crippen molar-refractivity contribution in [2.24, 2.45) is 5.73 Å². The number of esters is 3. The summed E-state index contributed by atoms with van der Waals surface area (Å²) in [5, 5.41) is 10.1. The zero-order valence-electron chi connectivity index (χ0n) is 36.3. The molecule has 3 unspecified atom stereocenters. The van der Waals surface area contributed by atoms with Gasteiger partial charge >= 0.3 is 17.9 Å². The third-order valence-corrected chi connectivity index (χ3v) is 10.5. The van der Waals surface area contributed by atoms with Crippen molar-refractivity contribution in [3.63, 3.8) is 0 Å². The first-order valence-electron chi connectivity index (χ1n) is 23.2. The van der Waals surface area contributed by atoms with Crippen LogP contribution in [0.3, 0.4) is 0 Å². The number of ether oxygens (including phenoxy) is 3. The van der Waals surface area contributed by atoms with E-state index in [2.05, 4.69) is 20.8 Å². The van der Waals surface area contributed by atoms with E-state index in [0.29, 0.717) is 45.4 Å². The van der Waals surface area contributed by atoms with Crippen molar-refractivity contribution in [2.45, 2.75) is 238 Å². The Labute approximate surface area is 339 Å². The van der Waals surface area contributed by atoms with E-state index >= 15 is 0 Å². The summed E-state index contributed by atoms with van der Waals surface area (Å²) in [5.74, 6) is -0.947. The van der Waals surface area contributed by atoms with Gasteiger partial charge in [0.05, 0.1) is 12.7 Å². The summed E-state index contributed by atoms with van der Waals surface area (Å²) in [4.78, 5) is 39.6. The maximum absolute atomic E-state index is 13.0. The van der Waals surface area contributed by atoms with E-state index in [9.17, 15) is 19.5 Å². The fourth-order valence-corrected chi connectivity index (χ4v) is 7.11. The number of nitrogens with zero attached hydrogens (tertiary/aromatic N) is 1. The number of rotatable bonds is 42. The molecule has 0 saturated heterocycles. The Balaban J connectivity index is 4.71. The number of nitrogens with two attached hydrogens (primary N) is 1. The third kappa shape index (κ3) is 37.6. The molecule has 0 aliphatic carbocycles. The van der Waals surface area contributed by atoms with Gasteiger partial charge in [0.25, 0.3) is 0 Å². The van der Waals surface area contributed by atoms with E-state index in [4.69, 9.17) is 19.9 Å². The largest absolute Gasteiger partial charge is 0.465 e. The van der Waals surface area contributed by atoms with Crippen LogP contribution >= 0.6 is 0 Å². The van der Waals surface area contributed by atoms with Crippen LogP contribution in [0.15, 0.2) is 0 Å². The predicted molar refractivity (Wildman–Crippen MR) is 228 cm³/mol. The molecule has 9 heteroatoms. The molecule has 3 N–H and O–H groups in total. The zero-order chi connectivity index (χ0) is 40.6. The molecule has 0 bridgehead atoms. The van der Waals surface area contributed by atoms with Crippen LogP contribution in [0.4, 0.5) is 0 Å². The number of aliphatic hydroxyl groups is 1. The van der Waals surface area contributed by atoms with Gasteiger partial charge < -0.3 is 25.1 Å². The molecule has 0 amide bonds. The van der Waals surface area contributed by atoms with E-state index in [1.54, 1.807) is 6.92 Å². The van der Waals surface area contributed by atoms with Gasteiger partial charge in [-0.25, -0.2) is 0 Å². The van der Waals surface area contributed by atoms with E-state index in [1.165, 1.54) is 128 Å². The Morgan fingerprint density at radius 2 is 0.982 bits per heavy atom. The van der Waals surface area contributed by atoms with Gasteiger partial charge in [-0.2, -0.15) is 0 Å². The fourth-order valence-electron chi connectivity index (χ4n) is 7.11. The number of unbranched alkanes of at least 4 members (excludes halogenated alkanes) is 25. The average Bonchev–Trinajstić information content (AvgIpc) is 3.15. The first-order chi connectivity index (χ1) is 26.7. The molecule has 0 fully saturated rings. The second-order valence-electron chi connectivity index (χ2n) is 16.0. The highest BCUT2D eigenvalue weighted by Crippen LogP contribution is 2.16. The molecule has 0 aliphatic heterocycles. The Morgan fingerprint density at radius 1 is 0.564 bits per heavy atom. The van der Waals surface area contributed by atoms with E-state index in [1.807, 2.05) is 4.90 Å². The smallest absolute Gasteiger partial charge is 0.322 e. The second kappa shape index (κ2) is 40.5. The van der Waals surface area contributed by atoms with Crippen LogP contribution in [0.5, 0.6) is 0 Å². The number of hydrogen-bond acceptors (Lipinski definition) is 9. The van der Waals surface area contributed by atoms with Crippen LogP contribution in [0.2, 0.25) is 0 Å². The van der Waals surface area contributed by atoms with Gasteiger partial charge in [-0.3, -0.25) is 19.3 Å². The van der Waals surface area contributed by atoms with Crippen LogP contribution in [0.1, 0.15) is 220 Å². The highest BCUT2D eigenvalue weighted by Gasteiger charge is 2.22. The number of carbonyl (C=O) groups excluding carboxylic acids is 3. The Bertz CT molecular complexity index is 871. The summed E-state index contributed by atoms with van der Waals surface area (Å²) in [6.45, 7) is 11.5. The van der Waals surface area contributed by atoms with Gasteiger partial charge in [0, 0.05) is 25.9 Å². The van der Waals surface area contributed by atoms with Crippen molar-refractivity contribution in [3.8, 4) is 0 Å². The molecule has 0 aromatic carbocycles. The summed E-state index contributed by atoms with van der Waals surface area (Å²) in [7, 11) is 0. The molecule has 0 heterocycles. The Hall–Kier alpha value is -1.71. The summed E-state index contributed by atoms with van der Waals surface area (Å²) in [5.41, 5.74) is 5.97. The standard InChI is InChI=1S/C46H89N2O7/c1-5-8-10-12-14-16-18-20-22-24-26-28-30-35-44(50)54-40-42(39-48(38-41(4)49)37-33-32-34-43(47)46(52)53-7-3)55-45(51)36-31-29-27-25-23-21-19-17-15-13-11-9-6-2/h41-43,49H,4-40,47H2,1-3H3. The van der Waals surface area contributed by atoms with Crippen molar-refractivity contribution < 1.29 is 33.7 Å². The first kappa shape index (κ1) is 53.3.